The zero-order chi connectivity index (χ0) is 11.3. The first-order valence-electron chi connectivity index (χ1n) is 5.12. The molecule has 84 valence electrons. The van der Waals surface area contributed by atoms with Gasteiger partial charge >= 0.3 is 0 Å². The highest BCUT2D eigenvalue weighted by molar-refractivity contribution is 6.31. The van der Waals surface area contributed by atoms with Crippen LogP contribution in [0.4, 0.5) is 0 Å². The Morgan fingerprint density at radius 3 is 2.87 bits per heavy atom. The van der Waals surface area contributed by atoms with Gasteiger partial charge < -0.3 is 10.8 Å². The lowest BCUT2D eigenvalue weighted by atomic mass is 9.90. The fraction of sp³-hybridized carbons (Fsp3) is 0.545. The Hall–Kier alpha value is -0.640. The van der Waals surface area contributed by atoms with E-state index in [1.54, 1.807) is 12.4 Å². The van der Waals surface area contributed by atoms with Crippen molar-refractivity contribution in [1.82, 2.24) is 4.98 Å². The maximum atomic E-state index is 10.2. The fourth-order valence-corrected chi connectivity index (χ4v) is 1.82. The van der Waals surface area contributed by atoms with Crippen LogP contribution >= 0.6 is 11.6 Å². The van der Waals surface area contributed by atoms with E-state index in [1.165, 1.54) is 0 Å². The van der Waals surface area contributed by atoms with E-state index in [2.05, 4.69) is 4.98 Å². The van der Waals surface area contributed by atoms with Crippen LogP contribution in [0.1, 0.15) is 25.3 Å². The predicted octanol–water partition coefficient (Wildman–Crippen LogP) is 1.77. The fourth-order valence-electron chi connectivity index (χ4n) is 1.63. The van der Waals surface area contributed by atoms with Crippen LogP contribution in [0.15, 0.2) is 18.5 Å². The topological polar surface area (TPSA) is 59.1 Å². The van der Waals surface area contributed by atoms with E-state index in [0.29, 0.717) is 17.9 Å². The van der Waals surface area contributed by atoms with Gasteiger partial charge in [-0.05, 0) is 18.1 Å². The van der Waals surface area contributed by atoms with Gasteiger partial charge in [0.2, 0.25) is 0 Å². The number of pyridine rings is 1. The van der Waals surface area contributed by atoms with Crippen molar-refractivity contribution in [2.75, 3.05) is 6.54 Å². The molecule has 1 rings (SSSR count). The first-order chi connectivity index (χ1) is 7.11. The smallest absolute Gasteiger partial charge is 0.0809 e. The summed E-state index contributed by atoms with van der Waals surface area (Å²) in [6, 6.07) is 1.82. The molecule has 1 aromatic heterocycles. The van der Waals surface area contributed by atoms with Gasteiger partial charge in [0.05, 0.1) is 10.6 Å². The second-order valence-electron chi connectivity index (χ2n) is 3.82. The standard InChI is InChI=1S/C11H17ClN2O/c1-2-4-11(15,8-13)6-9-3-5-14-7-10(9)12/h3,5,7,15H,2,4,6,8,13H2,1H3. The molecular formula is C11H17ClN2O. The van der Waals surface area contributed by atoms with Crippen LogP contribution in [0.2, 0.25) is 5.02 Å². The number of rotatable bonds is 5. The molecule has 0 aliphatic heterocycles. The maximum Gasteiger partial charge on any atom is 0.0809 e. The van der Waals surface area contributed by atoms with Crippen molar-refractivity contribution >= 4 is 11.6 Å². The van der Waals surface area contributed by atoms with Gasteiger partial charge in [0.1, 0.15) is 0 Å². The minimum absolute atomic E-state index is 0.249. The zero-order valence-corrected chi connectivity index (χ0v) is 9.67. The molecule has 0 aromatic carbocycles. The molecule has 0 aliphatic rings. The molecule has 0 spiro atoms. The zero-order valence-electron chi connectivity index (χ0n) is 8.91. The van der Waals surface area contributed by atoms with Gasteiger partial charge in [0, 0.05) is 25.4 Å². The number of aliphatic hydroxyl groups is 1. The van der Waals surface area contributed by atoms with Gasteiger partial charge in [-0.25, -0.2) is 0 Å². The molecule has 3 nitrogen and oxygen atoms in total. The molecule has 0 fully saturated rings. The van der Waals surface area contributed by atoms with Crippen molar-refractivity contribution in [1.29, 1.82) is 0 Å². The number of halogens is 1. The normalized spacial score (nSPS) is 14.9. The average molecular weight is 229 g/mol. The third-order valence-electron chi connectivity index (χ3n) is 2.47. The Bertz CT molecular complexity index is 319. The Morgan fingerprint density at radius 2 is 2.33 bits per heavy atom. The van der Waals surface area contributed by atoms with E-state index in [9.17, 15) is 5.11 Å². The lowest BCUT2D eigenvalue weighted by molar-refractivity contribution is 0.0399. The predicted molar refractivity (Wildman–Crippen MR) is 61.9 cm³/mol. The van der Waals surface area contributed by atoms with Crippen molar-refractivity contribution in [2.24, 2.45) is 5.73 Å². The molecule has 1 atom stereocenters. The van der Waals surface area contributed by atoms with Gasteiger partial charge in [-0.3, -0.25) is 4.98 Å². The lowest BCUT2D eigenvalue weighted by Crippen LogP contribution is -2.39. The van der Waals surface area contributed by atoms with Gasteiger partial charge in [0.15, 0.2) is 0 Å². The summed E-state index contributed by atoms with van der Waals surface area (Å²) in [4.78, 5) is 3.90. The minimum Gasteiger partial charge on any atom is -0.388 e. The van der Waals surface area contributed by atoms with E-state index in [-0.39, 0.29) is 6.54 Å². The highest BCUT2D eigenvalue weighted by atomic mass is 35.5. The molecule has 0 saturated carbocycles. The van der Waals surface area contributed by atoms with Crippen LogP contribution < -0.4 is 5.73 Å². The van der Waals surface area contributed by atoms with Crippen LogP contribution in [0.5, 0.6) is 0 Å². The van der Waals surface area contributed by atoms with Gasteiger partial charge in [0.25, 0.3) is 0 Å². The second kappa shape index (κ2) is 5.45. The summed E-state index contributed by atoms with van der Waals surface area (Å²) in [5, 5.41) is 10.8. The average Bonchev–Trinajstić information content (AvgIpc) is 2.22. The minimum atomic E-state index is -0.847. The number of aromatic nitrogens is 1. The molecule has 15 heavy (non-hydrogen) atoms. The molecule has 1 heterocycles. The quantitative estimate of drug-likeness (QED) is 0.808. The largest absolute Gasteiger partial charge is 0.388 e. The molecule has 3 N–H and O–H groups in total. The van der Waals surface area contributed by atoms with Crippen molar-refractivity contribution in [3.63, 3.8) is 0 Å². The molecule has 0 amide bonds. The Balaban J connectivity index is 2.79. The number of nitrogens with zero attached hydrogens (tertiary/aromatic N) is 1. The van der Waals surface area contributed by atoms with Crippen LogP contribution in [0.3, 0.4) is 0 Å². The first kappa shape index (κ1) is 12.4. The van der Waals surface area contributed by atoms with Crippen LogP contribution in [0, 0.1) is 0 Å². The Kier molecular flexibility index (Phi) is 4.51. The third kappa shape index (κ3) is 3.45. The number of hydrogen-bond donors (Lipinski definition) is 2. The molecule has 4 heteroatoms. The van der Waals surface area contributed by atoms with Crippen LogP contribution in [0.25, 0.3) is 0 Å². The van der Waals surface area contributed by atoms with E-state index >= 15 is 0 Å². The van der Waals surface area contributed by atoms with Crippen molar-refractivity contribution in [3.05, 3.63) is 29.0 Å². The summed E-state index contributed by atoms with van der Waals surface area (Å²) in [6.45, 7) is 2.27. The Labute approximate surface area is 95.3 Å². The van der Waals surface area contributed by atoms with E-state index in [4.69, 9.17) is 17.3 Å². The summed E-state index contributed by atoms with van der Waals surface area (Å²) in [6.07, 6.45) is 5.32. The number of hydrogen-bond acceptors (Lipinski definition) is 3. The molecule has 0 saturated heterocycles. The molecule has 0 radical (unpaired) electrons. The molecule has 0 aliphatic carbocycles. The van der Waals surface area contributed by atoms with Crippen molar-refractivity contribution < 1.29 is 5.11 Å². The third-order valence-corrected chi connectivity index (χ3v) is 2.81. The van der Waals surface area contributed by atoms with Gasteiger partial charge in [-0.2, -0.15) is 0 Å². The van der Waals surface area contributed by atoms with E-state index in [0.717, 1.165) is 12.0 Å². The maximum absolute atomic E-state index is 10.2. The monoisotopic (exact) mass is 228 g/mol. The van der Waals surface area contributed by atoms with Gasteiger partial charge in [-0.15, -0.1) is 0 Å². The summed E-state index contributed by atoms with van der Waals surface area (Å²) < 4.78 is 0. The number of nitrogens with two attached hydrogens (primary N) is 1. The van der Waals surface area contributed by atoms with Crippen LogP contribution in [-0.4, -0.2) is 22.2 Å². The highest BCUT2D eigenvalue weighted by Gasteiger charge is 2.25. The molecule has 0 bridgehead atoms. The summed E-state index contributed by atoms with van der Waals surface area (Å²) in [5.41, 5.74) is 5.63. The van der Waals surface area contributed by atoms with Crippen molar-refractivity contribution in [3.8, 4) is 0 Å². The van der Waals surface area contributed by atoms with Crippen molar-refractivity contribution in [2.45, 2.75) is 31.8 Å². The van der Waals surface area contributed by atoms with Crippen LogP contribution in [-0.2, 0) is 6.42 Å². The highest BCUT2D eigenvalue weighted by Crippen LogP contribution is 2.22. The molecular weight excluding hydrogens is 212 g/mol. The summed E-state index contributed by atoms with van der Waals surface area (Å²) in [5.74, 6) is 0. The SMILES string of the molecule is CCCC(O)(CN)Cc1ccncc1Cl. The van der Waals surface area contributed by atoms with Gasteiger partial charge in [-0.1, -0.05) is 24.9 Å². The van der Waals surface area contributed by atoms with E-state index in [1.807, 2.05) is 13.0 Å². The first-order valence-corrected chi connectivity index (χ1v) is 5.50. The second-order valence-corrected chi connectivity index (χ2v) is 4.23. The Morgan fingerprint density at radius 1 is 1.60 bits per heavy atom. The summed E-state index contributed by atoms with van der Waals surface area (Å²) in [7, 11) is 0. The van der Waals surface area contributed by atoms with E-state index < -0.39 is 5.60 Å². The molecule has 1 unspecified atom stereocenters. The summed E-state index contributed by atoms with van der Waals surface area (Å²) >= 11 is 5.97. The molecule has 1 aromatic rings. The lowest BCUT2D eigenvalue weighted by Gasteiger charge is -2.26.